The van der Waals surface area contributed by atoms with Crippen LogP contribution in [-0.4, -0.2) is 54.7 Å². The molecule has 1 saturated heterocycles. The lowest BCUT2D eigenvalue weighted by Gasteiger charge is -2.22. The Morgan fingerprint density at radius 2 is 2.11 bits per heavy atom. The highest BCUT2D eigenvalue weighted by molar-refractivity contribution is 6.00. The number of alkyl halides is 3. The number of hydrogen-bond acceptors (Lipinski definition) is 4. The molecular weight excluding hydrogens is 373 g/mol. The Hall–Kier alpha value is -2.13. The van der Waals surface area contributed by atoms with Gasteiger partial charge >= 0.3 is 6.18 Å². The van der Waals surface area contributed by atoms with Crippen molar-refractivity contribution in [2.45, 2.75) is 32.5 Å². The van der Waals surface area contributed by atoms with Crippen molar-refractivity contribution in [1.29, 1.82) is 0 Å². The highest BCUT2D eigenvalue weighted by Crippen LogP contribution is 2.23. The van der Waals surface area contributed by atoms with Gasteiger partial charge in [0.05, 0.1) is 12.1 Å². The standard InChI is InChI=1S/C19H25F3N4O2/c1-13-15(18(27)24-8-9-28-12-19(20,21)22)2-3-17-16(13)11-26(25-17)10-14-4-6-23-7-5-14/h2-3,11,14,23H,4-10,12H2,1H3,(H,24,27). The predicted octanol–water partition coefficient (Wildman–Crippen LogP) is 2.65. The summed E-state index contributed by atoms with van der Waals surface area (Å²) in [6.07, 6.45) is -0.144. The van der Waals surface area contributed by atoms with Crippen LogP contribution in [0, 0.1) is 12.8 Å². The molecule has 0 unspecified atom stereocenters. The van der Waals surface area contributed by atoms with Crippen LogP contribution in [0.2, 0.25) is 0 Å². The molecule has 1 aliphatic rings. The first-order chi connectivity index (χ1) is 13.3. The number of carbonyl (C=O) groups excluding carboxylic acids is 1. The summed E-state index contributed by atoms with van der Waals surface area (Å²) < 4.78 is 42.6. The zero-order chi connectivity index (χ0) is 20.1. The van der Waals surface area contributed by atoms with Gasteiger partial charge in [0.2, 0.25) is 0 Å². The largest absolute Gasteiger partial charge is 0.411 e. The summed E-state index contributed by atoms with van der Waals surface area (Å²) in [6, 6.07) is 3.50. The molecule has 0 spiro atoms. The van der Waals surface area contributed by atoms with Gasteiger partial charge in [-0.2, -0.15) is 18.3 Å². The minimum atomic E-state index is -4.36. The smallest absolute Gasteiger partial charge is 0.370 e. The fraction of sp³-hybridized carbons (Fsp3) is 0.579. The van der Waals surface area contributed by atoms with E-state index in [4.69, 9.17) is 0 Å². The quantitative estimate of drug-likeness (QED) is 0.704. The number of amides is 1. The summed E-state index contributed by atoms with van der Waals surface area (Å²) in [5, 5.41) is 11.5. The Labute approximate surface area is 161 Å². The van der Waals surface area contributed by atoms with Crippen molar-refractivity contribution in [1.82, 2.24) is 20.4 Å². The number of fused-ring (bicyclic) bond motifs is 1. The van der Waals surface area contributed by atoms with Crippen molar-refractivity contribution in [2.75, 3.05) is 32.8 Å². The van der Waals surface area contributed by atoms with Crippen molar-refractivity contribution in [3.05, 3.63) is 29.5 Å². The van der Waals surface area contributed by atoms with Gasteiger partial charge in [0.1, 0.15) is 6.61 Å². The van der Waals surface area contributed by atoms with Crippen LogP contribution in [-0.2, 0) is 11.3 Å². The molecule has 0 bridgehead atoms. The number of piperidine rings is 1. The molecule has 0 aliphatic carbocycles. The van der Waals surface area contributed by atoms with Crippen LogP contribution in [0.15, 0.2) is 18.3 Å². The molecule has 1 aromatic heterocycles. The number of ether oxygens (including phenoxy) is 1. The summed E-state index contributed by atoms with van der Waals surface area (Å²) in [5.74, 6) is 0.261. The van der Waals surface area contributed by atoms with Crippen molar-refractivity contribution in [2.24, 2.45) is 5.92 Å². The third-order valence-corrected chi connectivity index (χ3v) is 4.95. The molecule has 0 saturated carbocycles. The van der Waals surface area contributed by atoms with Crippen molar-refractivity contribution < 1.29 is 22.7 Å². The molecule has 1 amide bonds. The third-order valence-electron chi connectivity index (χ3n) is 4.95. The Balaban J connectivity index is 1.60. The number of aryl methyl sites for hydroxylation is 1. The second-order valence-corrected chi connectivity index (χ2v) is 7.14. The SMILES string of the molecule is Cc1c(C(=O)NCCOCC(F)(F)F)ccc2nn(CC3CCNCC3)cc12. The van der Waals surface area contributed by atoms with Crippen LogP contribution in [0.4, 0.5) is 13.2 Å². The van der Waals surface area contributed by atoms with E-state index < -0.39 is 12.8 Å². The minimum Gasteiger partial charge on any atom is -0.370 e. The van der Waals surface area contributed by atoms with Gasteiger partial charge in [-0.3, -0.25) is 9.48 Å². The Morgan fingerprint density at radius 1 is 1.36 bits per heavy atom. The average Bonchev–Trinajstić information content (AvgIpc) is 3.05. The normalized spacial score (nSPS) is 15.9. The Kier molecular flexibility index (Phi) is 6.56. The minimum absolute atomic E-state index is 0.0152. The van der Waals surface area contributed by atoms with Crippen molar-refractivity contribution in [3.63, 3.8) is 0 Å². The number of carbonyl (C=O) groups is 1. The summed E-state index contributed by atoms with van der Waals surface area (Å²) in [5.41, 5.74) is 2.13. The van der Waals surface area contributed by atoms with E-state index in [9.17, 15) is 18.0 Å². The van der Waals surface area contributed by atoms with E-state index in [1.807, 2.05) is 17.8 Å². The second-order valence-electron chi connectivity index (χ2n) is 7.14. The zero-order valence-corrected chi connectivity index (χ0v) is 15.8. The maximum Gasteiger partial charge on any atom is 0.411 e. The van der Waals surface area contributed by atoms with Crippen LogP contribution in [0.25, 0.3) is 10.9 Å². The number of halogens is 3. The monoisotopic (exact) mass is 398 g/mol. The van der Waals surface area contributed by atoms with Crippen LogP contribution in [0.1, 0.15) is 28.8 Å². The van der Waals surface area contributed by atoms with Crippen molar-refractivity contribution >= 4 is 16.8 Å². The van der Waals surface area contributed by atoms with E-state index >= 15 is 0 Å². The van der Waals surface area contributed by atoms with Crippen LogP contribution < -0.4 is 10.6 Å². The molecule has 1 aromatic carbocycles. The van der Waals surface area contributed by atoms with Gasteiger partial charge < -0.3 is 15.4 Å². The number of nitrogens with one attached hydrogen (secondary N) is 2. The van der Waals surface area contributed by atoms with Crippen LogP contribution in [0.5, 0.6) is 0 Å². The summed E-state index contributed by atoms with van der Waals surface area (Å²) >= 11 is 0. The summed E-state index contributed by atoms with van der Waals surface area (Å²) in [4.78, 5) is 12.4. The third kappa shape index (κ3) is 5.45. The van der Waals surface area contributed by atoms with E-state index in [2.05, 4.69) is 20.5 Å². The van der Waals surface area contributed by atoms with Gasteiger partial charge in [-0.1, -0.05) is 0 Å². The molecule has 0 radical (unpaired) electrons. The van der Waals surface area contributed by atoms with Crippen molar-refractivity contribution in [3.8, 4) is 0 Å². The molecule has 0 atom stereocenters. The van der Waals surface area contributed by atoms with E-state index in [1.165, 1.54) is 0 Å². The predicted molar refractivity (Wildman–Crippen MR) is 99.3 cm³/mol. The van der Waals surface area contributed by atoms with Gasteiger partial charge in [-0.05, 0) is 56.5 Å². The summed E-state index contributed by atoms with van der Waals surface area (Å²) in [6.45, 7) is 3.27. The first kappa shape index (κ1) is 20.6. The van der Waals surface area contributed by atoms with E-state index in [0.717, 1.165) is 48.9 Å². The molecule has 1 aliphatic heterocycles. The van der Waals surface area contributed by atoms with Gasteiger partial charge in [0, 0.05) is 30.2 Å². The summed E-state index contributed by atoms with van der Waals surface area (Å²) in [7, 11) is 0. The van der Waals surface area contributed by atoms with E-state index in [-0.39, 0.29) is 19.1 Å². The average molecular weight is 398 g/mol. The number of nitrogens with zero attached hydrogens (tertiary/aromatic N) is 2. The number of benzene rings is 1. The molecule has 2 heterocycles. The van der Waals surface area contributed by atoms with Crippen LogP contribution in [0.3, 0.4) is 0 Å². The maximum atomic E-state index is 12.4. The molecule has 28 heavy (non-hydrogen) atoms. The molecule has 6 nitrogen and oxygen atoms in total. The number of rotatable bonds is 7. The fourth-order valence-electron chi connectivity index (χ4n) is 3.47. The zero-order valence-electron chi connectivity index (χ0n) is 15.8. The lowest BCUT2D eigenvalue weighted by atomic mass is 9.98. The molecular formula is C19H25F3N4O2. The molecule has 1 fully saturated rings. The number of hydrogen-bond donors (Lipinski definition) is 2. The van der Waals surface area contributed by atoms with E-state index in [0.29, 0.717) is 11.5 Å². The molecule has 3 rings (SSSR count). The first-order valence-corrected chi connectivity index (χ1v) is 9.43. The first-order valence-electron chi connectivity index (χ1n) is 9.43. The Morgan fingerprint density at radius 3 is 2.82 bits per heavy atom. The highest BCUT2D eigenvalue weighted by Gasteiger charge is 2.27. The fourth-order valence-corrected chi connectivity index (χ4v) is 3.47. The topological polar surface area (TPSA) is 68.2 Å². The highest BCUT2D eigenvalue weighted by atomic mass is 19.4. The molecule has 9 heteroatoms. The number of aromatic nitrogens is 2. The molecule has 2 aromatic rings. The van der Waals surface area contributed by atoms with Crippen LogP contribution >= 0.6 is 0 Å². The molecule has 2 N–H and O–H groups in total. The molecule has 154 valence electrons. The van der Waals surface area contributed by atoms with Gasteiger partial charge in [-0.25, -0.2) is 0 Å². The van der Waals surface area contributed by atoms with Gasteiger partial charge in [0.15, 0.2) is 0 Å². The van der Waals surface area contributed by atoms with Gasteiger partial charge in [-0.15, -0.1) is 0 Å². The lowest BCUT2D eigenvalue weighted by molar-refractivity contribution is -0.173. The Bertz CT molecular complexity index is 813. The van der Waals surface area contributed by atoms with E-state index in [1.54, 1.807) is 12.1 Å². The lowest BCUT2D eigenvalue weighted by Crippen LogP contribution is -2.29. The second kappa shape index (κ2) is 8.91. The maximum absolute atomic E-state index is 12.4. The van der Waals surface area contributed by atoms with Gasteiger partial charge in [0.25, 0.3) is 5.91 Å².